The minimum absolute atomic E-state index is 0.500. The van der Waals surface area contributed by atoms with Gasteiger partial charge in [-0.1, -0.05) is 40.5 Å². The highest BCUT2D eigenvalue weighted by Crippen LogP contribution is 2.31. The molecule has 1 atom stereocenters. The molecule has 0 saturated heterocycles. The smallest absolute Gasteiger partial charge is 0.122 e. The number of nitrogens with zero attached hydrogens (tertiary/aromatic N) is 2. The van der Waals surface area contributed by atoms with Crippen molar-refractivity contribution in [3.63, 3.8) is 0 Å². The van der Waals surface area contributed by atoms with Gasteiger partial charge in [0.2, 0.25) is 0 Å². The summed E-state index contributed by atoms with van der Waals surface area (Å²) < 4.78 is 2.71. The van der Waals surface area contributed by atoms with Gasteiger partial charge in [-0.2, -0.15) is 5.10 Å². The first-order valence-electron chi connectivity index (χ1n) is 6.20. The van der Waals surface area contributed by atoms with Crippen LogP contribution in [0.1, 0.15) is 36.3 Å². The van der Waals surface area contributed by atoms with E-state index in [1.165, 1.54) is 0 Å². The van der Waals surface area contributed by atoms with Crippen LogP contribution in [0.25, 0.3) is 0 Å². The van der Waals surface area contributed by atoms with Crippen LogP contribution in [0.15, 0.2) is 28.9 Å². The largest absolute Gasteiger partial charge is 0.382 e. The van der Waals surface area contributed by atoms with E-state index in [0.29, 0.717) is 10.7 Å². The third kappa shape index (κ3) is 3.02. The van der Waals surface area contributed by atoms with Gasteiger partial charge in [-0.15, -0.1) is 0 Å². The van der Waals surface area contributed by atoms with Crippen molar-refractivity contribution in [2.75, 3.05) is 0 Å². The SMILES string of the molecule is CCCn1ncc(Cl)c1C(O)c1cc(Br)ccc1C. The van der Waals surface area contributed by atoms with Gasteiger partial charge in [0, 0.05) is 11.0 Å². The van der Waals surface area contributed by atoms with Crippen LogP contribution < -0.4 is 0 Å². The molecule has 2 aromatic rings. The first kappa shape index (κ1) is 14.6. The molecule has 0 aliphatic heterocycles. The van der Waals surface area contributed by atoms with Crippen LogP contribution in [0.2, 0.25) is 5.02 Å². The predicted molar refractivity (Wildman–Crippen MR) is 80.5 cm³/mol. The molecular weight excluding hydrogens is 328 g/mol. The van der Waals surface area contributed by atoms with Crippen molar-refractivity contribution in [1.82, 2.24) is 9.78 Å². The van der Waals surface area contributed by atoms with Crippen LogP contribution in [0, 0.1) is 6.92 Å². The molecule has 2 rings (SSSR count). The molecule has 1 aromatic carbocycles. The van der Waals surface area contributed by atoms with Crippen molar-refractivity contribution < 1.29 is 5.11 Å². The molecule has 1 N–H and O–H groups in total. The molecule has 0 bridgehead atoms. The molecule has 0 radical (unpaired) electrons. The summed E-state index contributed by atoms with van der Waals surface area (Å²) >= 11 is 9.59. The lowest BCUT2D eigenvalue weighted by molar-refractivity contribution is 0.206. The Labute approximate surface area is 126 Å². The van der Waals surface area contributed by atoms with Crippen LogP contribution >= 0.6 is 27.5 Å². The average Bonchev–Trinajstić information content (AvgIpc) is 2.73. The standard InChI is InChI=1S/C14H16BrClN2O/c1-3-6-18-13(12(16)8-17-18)14(19)11-7-10(15)5-4-9(11)2/h4-5,7-8,14,19H,3,6H2,1-2H3. The highest BCUT2D eigenvalue weighted by atomic mass is 79.9. The molecule has 0 aliphatic rings. The zero-order chi connectivity index (χ0) is 14.0. The fraction of sp³-hybridized carbons (Fsp3) is 0.357. The molecule has 1 aromatic heterocycles. The van der Waals surface area contributed by atoms with Crippen LogP contribution in [0.5, 0.6) is 0 Å². The quantitative estimate of drug-likeness (QED) is 0.907. The van der Waals surface area contributed by atoms with Crippen molar-refractivity contribution in [3.8, 4) is 0 Å². The Hall–Kier alpha value is -0.840. The Morgan fingerprint density at radius 1 is 1.47 bits per heavy atom. The number of benzene rings is 1. The second-order valence-corrected chi connectivity index (χ2v) is 5.83. The van der Waals surface area contributed by atoms with Gasteiger partial charge in [0.15, 0.2) is 0 Å². The van der Waals surface area contributed by atoms with E-state index < -0.39 is 6.10 Å². The molecule has 19 heavy (non-hydrogen) atoms. The Bertz CT molecular complexity index is 583. The van der Waals surface area contributed by atoms with Gasteiger partial charge >= 0.3 is 0 Å². The molecule has 1 heterocycles. The maximum absolute atomic E-state index is 10.6. The lowest BCUT2D eigenvalue weighted by Gasteiger charge is -2.16. The Balaban J connectivity index is 2.46. The summed E-state index contributed by atoms with van der Waals surface area (Å²) in [5.74, 6) is 0. The van der Waals surface area contributed by atoms with E-state index in [0.717, 1.165) is 28.6 Å². The summed E-state index contributed by atoms with van der Waals surface area (Å²) in [6, 6.07) is 5.84. The van der Waals surface area contributed by atoms with Crippen molar-refractivity contribution in [1.29, 1.82) is 0 Å². The number of rotatable bonds is 4. The number of aliphatic hydroxyl groups excluding tert-OH is 1. The van der Waals surface area contributed by atoms with Gasteiger partial charge in [0.25, 0.3) is 0 Å². The number of halogens is 2. The topological polar surface area (TPSA) is 38.0 Å². The molecule has 0 amide bonds. The number of hydrogen-bond acceptors (Lipinski definition) is 2. The van der Waals surface area contributed by atoms with Crippen molar-refractivity contribution in [2.24, 2.45) is 0 Å². The third-order valence-corrected chi connectivity index (χ3v) is 3.85. The summed E-state index contributed by atoms with van der Waals surface area (Å²) in [5.41, 5.74) is 2.52. The monoisotopic (exact) mass is 342 g/mol. The van der Waals surface area contributed by atoms with E-state index in [4.69, 9.17) is 11.6 Å². The lowest BCUT2D eigenvalue weighted by Crippen LogP contribution is -2.11. The van der Waals surface area contributed by atoms with Crippen LogP contribution in [-0.2, 0) is 6.54 Å². The number of aromatic nitrogens is 2. The number of aryl methyl sites for hydroxylation is 2. The lowest BCUT2D eigenvalue weighted by atomic mass is 10.0. The van der Waals surface area contributed by atoms with E-state index in [-0.39, 0.29) is 0 Å². The summed E-state index contributed by atoms with van der Waals surface area (Å²) in [4.78, 5) is 0. The summed E-state index contributed by atoms with van der Waals surface area (Å²) in [6.45, 7) is 4.78. The Kier molecular flexibility index (Phi) is 4.66. The van der Waals surface area contributed by atoms with Gasteiger partial charge in [0.1, 0.15) is 6.10 Å². The normalized spacial score (nSPS) is 12.7. The van der Waals surface area contributed by atoms with Gasteiger partial charge in [-0.3, -0.25) is 4.68 Å². The molecule has 5 heteroatoms. The van der Waals surface area contributed by atoms with Crippen molar-refractivity contribution in [2.45, 2.75) is 32.9 Å². The van der Waals surface area contributed by atoms with E-state index in [2.05, 4.69) is 28.0 Å². The minimum Gasteiger partial charge on any atom is -0.382 e. The zero-order valence-electron chi connectivity index (χ0n) is 10.9. The average molecular weight is 344 g/mol. The van der Waals surface area contributed by atoms with Crippen molar-refractivity contribution >= 4 is 27.5 Å². The fourth-order valence-electron chi connectivity index (χ4n) is 2.09. The van der Waals surface area contributed by atoms with E-state index in [9.17, 15) is 5.11 Å². The Morgan fingerprint density at radius 3 is 2.89 bits per heavy atom. The van der Waals surface area contributed by atoms with Crippen LogP contribution in [0.4, 0.5) is 0 Å². The van der Waals surface area contributed by atoms with Crippen LogP contribution in [0.3, 0.4) is 0 Å². The fourth-order valence-corrected chi connectivity index (χ4v) is 2.71. The number of hydrogen-bond donors (Lipinski definition) is 1. The maximum Gasteiger partial charge on any atom is 0.122 e. The second-order valence-electron chi connectivity index (χ2n) is 4.50. The molecule has 1 unspecified atom stereocenters. The highest BCUT2D eigenvalue weighted by molar-refractivity contribution is 9.10. The molecule has 0 spiro atoms. The Morgan fingerprint density at radius 2 is 2.21 bits per heavy atom. The van der Waals surface area contributed by atoms with Gasteiger partial charge in [0.05, 0.1) is 16.9 Å². The highest BCUT2D eigenvalue weighted by Gasteiger charge is 2.21. The summed E-state index contributed by atoms with van der Waals surface area (Å²) in [5, 5.41) is 15.3. The maximum atomic E-state index is 10.6. The first-order valence-corrected chi connectivity index (χ1v) is 7.37. The molecular formula is C14H16BrClN2O. The second kappa shape index (κ2) is 6.07. The minimum atomic E-state index is -0.765. The molecule has 0 fully saturated rings. The molecule has 0 aliphatic carbocycles. The van der Waals surface area contributed by atoms with Crippen LogP contribution in [-0.4, -0.2) is 14.9 Å². The predicted octanol–water partition coefficient (Wildman–Crippen LogP) is 4.10. The van der Waals surface area contributed by atoms with Crippen molar-refractivity contribution in [3.05, 3.63) is 50.7 Å². The van der Waals surface area contributed by atoms with Gasteiger partial charge < -0.3 is 5.11 Å². The van der Waals surface area contributed by atoms with E-state index >= 15 is 0 Å². The molecule has 102 valence electrons. The summed E-state index contributed by atoms with van der Waals surface area (Å²) in [7, 11) is 0. The van der Waals surface area contributed by atoms with Gasteiger partial charge in [-0.25, -0.2) is 0 Å². The molecule has 3 nitrogen and oxygen atoms in total. The summed E-state index contributed by atoms with van der Waals surface area (Å²) in [6.07, 6.45) is 1.76. The van der Waals surface area contributed by atoms with Gasteiger partial charge in [-0.05, 0) is 36.6 Å². The third-order valence-electron chi connectivity index (χ3n) is 3.06. The van der Waals surface area contributed by atoms with E-state index in [1.807, 2.05) is 25.1 Å². The molecule has 0 saturated carbocycles. The number of aliphatic hydroxyl groups is 1. The van der Waals surface area contributed by atoms with E-state index in [1.54, 1.807) is 10.9 Å². The zero-order valence-corrected chi connectivity index (χ0v) is 13.2. The first-order chi connectivity index (χ1) is 9.04.